The highest BCUT2D eigenvalue weighted by molar-refractivity contribution is 5.98. The van der Waals surface area contributed by atoms with Crippen LogP contribution >= 0.6 is 0 Å². The van der Waals surface area contributed by atoms with Crippen LogP contribution in [0.4, 0.5) is 0 Å². The number of benzene rings is 1. The molecule has 0 spiro atoms. The molecular formula is C21H30N2O3. The van der Waals surface area contributed by atoms with Crippen molar-refractivity contribution in [3.05, 3.63) is 60.7 Å². The second kappa shape index (κ2) is 12.0. The van der Waals surface area contributed by atoms with Crippen molar-refractivity contribution >= 4 is 11.8 Å². The molecule has 0 unspecified atom stereocenters. The average molecular weight is 358 g/mol. The molecular weight excluding hydrogens is 328 g/mol. The van der Waals surface area contributed by atoms with Gasteiger partial charge in [-0.1, -0.05) is 36.8 Å². The lowest BCUT2D eigenvalue weighted by Gasteiger charge is -2.22. The maximum absolute atomic E-state index is 12.7. The topological polar surface area (TPSA) is 58.6 Å². The lowest BCUT2D eigenvalue weighted by molar-refractivity contribution is -0.170. The summed E-state index contributed by atoms with van der Waals surface area (Å²) in [5.74, 6) is -0.570. The Morgan fingerprint density at radius 1 is 1.19 bits per heavy atom. The number of likely N-dealkylation sites (N-methyl/N-ethyl adjacent to an activating group) is 1. The summed E-state index contributed by atoms with van der Waals surface area (Å²) < 4.78 is 0. The molecule has 1 atom stereocenters. The molecule has 142 valence electrons. The molecule has 0 aliphatic heterocycles. The van der Waals surface area contributed by atoms with Crippen LogP contribution in [-0.2, 0) is 16.1 Å². The van der Waals surface area contributed by atoms with Gasteiger partial charge in [0.05, 0.1) is 7.11 Å². The third kappa shape index (κ3) is 6.84. The molecule has 1 aromatic carbocycles. The Morgan fingerprint density at radius 3 is 2.58 bits per heavy atom. The number of amides is 2. The highest BCUT2D eigenvalue weighted by atomic mass is 16.7. The second-order valence-corrected chi connectivity index (χ2v) is 6.11. The molecule has 0 fully saturated rings. The van der Waals surface area contributed by atoms with Crippen molar-refractivity contribution in [2.75, 3.05) is 14.2 Å². The first-order valence-corrected chi connectivity index (χ1v) is 8.97. The Hall–Kier alpha value is -2.40. The normalized spacial score (nSPS) is 11.5. The number of nitrogens with one attached hydrogen (secondary N) is 1. The van der Waals surface area contributed by atoms with Crippen LogP contribution in [0.1, 0.15) is 48.0 Å². The van der Waals surface area contributed by atoms with E-state index in [0.717, 1.165) is 42.7 Å². The van der Waals surface area contributed by atoms with Gasteiger partial charge in [0.25, 0.3) is 11.8 Å². The van der Waals surface area contributed by atoms with Gasteiger partial charge in [0.1, 0.15) is 6.04 Å². The molecule has 1 N–H and O–H groups in total. The molecule has 1 aromatic rings. The van der Waals surface area contributed by atoms with Crippen LogP contribution in [0, 0.1) is 0 Å². The van der Waals surface area contributed by atoms with Crippen molar-refractivity contribution in [1.29, 1.82) is 0 Å². The van der Waals surface area contributed by atoms with Gasteiger partial charge in [-0.25, -0.2) is 5.06 Å². The molecule has 2 amide bonds. The SMILES string of the molecule is C=CCCCCCc1ccccc1C(=O)N[C@@H](CC=C)C(=O)N(C)OC. The number of aryl methyl sites for hydroxylation is 1. The summed E-state index contributed by atoms with van der Waals surface area (Å²) in [6, 6.07) is 6.83. The number of carbonyl (C=O) groups excluding carboxylic acids is 2. The summed E-state index contributed by atoms with van der Waals surface area (Å²) in [5, 5.41) is 3.92. The number of carbonyl (C=O) groups is 2. The Kier molecular flexibility index (Phi) is 10.0. The minimum atomic E-state index is -0.703. The van der Waals surface area contributed by atoms with Crippen LogP contribution in [0.15, 0.2) is 49.6 Å². The minimum Gasteiger partial charge on any atom is -0.340 e. The molecule has 0 saturated heterocycles. The van der Waals surface area contributed by atoms with Crippen molar-refractivity contribution in [2.24, 2.45) is 0 Å². The van der Waals surface area contributed by atoms with E-state index in [2.05, 4.69) is 18.5 Å². The predicted octanol–water partition coefficient (Wildman–Crippen LogP) is 3.67. The number of allylic oxidation sites excluding steroid dienone is 1. The van der Waals surface area contributed by atoms with Crippen molar-refractivity contribution in [2.45, 2.75) is 44.6 Å². The van der Waals surface area contributed by atoms with Crippen LogP contribution in [0.5, 0.6) is 0 Å². The first-order chi connectivity index (χ1) is 12.5. The van der Waals surface area contributed by atoms with E-state index in [0.29, 0.717) is 12.0 Å². The maximum Gasteiger partial charge on any atom is 0.268 e. The average Bonchev–Trinajstić information content (AvgIpc) is 2.66. The number of hydroxylamine groups is 2. The number of rotatable bonds is 12. The quantitative estimate of drug-likeness (QED) is 0.352. The molecule has 5 heteroatoms. The van der Waals surface area contributed by atoms with Gasteiger partial charge in [-0.3, -0.25) is 14.4 Å². The van der Waals surface area contributed by atoms with Crippen molar-refractivity contribution < 1.29 is 14.4 Å². The van der Waals surface area contributed by atoms with Gasteiger partial charge in [0, 0.05) is 12.6 Å². The summed E-state index contributed by atoms with van der Waals surface area (Å²) >= 11 is 0. The van der Waals surface area contributed by atoms with Crippen LogP contribution in [-0.4, -0.2) is 37.1 Å². The molecule has 0 bridgehead atoms. The van der Waals surface area contributed by atoms with Gasteiger partial charge in [0.2, 0.25) is 0 Å². The summed E-state index contributed by atoms with van der Waals surface area (Å²) in [5.41, 5.74) is 1.60. The maximum atomic E-state index is 12.7. The van der Waals surface area contributed by atoms with E-state index in [4.69, 9.17) is 4.84 Å². The van der Waals surface area contributed by atoms with Gasteiger partial charge in [-0.05, 0) is 43.7 Å². The first kappa shape index (κ1) is 21.6. The number of nitrogens with zero attached hydrogens (tertiary/aromatic N) is 1. The Labute approximate surface area is 156 Å². The van der Waals surface area contributed by atoms with Gasteiger partial charge < -0.3 is 5.32 Å². The predicted molar refractivity (Wildman–Crippen MR) is 105 cm³/mol. The molecule has 1 rings (SSSR count). The number of unbranched alkanes of at least 4 members (excludes halogenated alkanes) is 3. The van der Waals surface area contributed by atoms with E-state index in [-0.39, 0.29) is 11.8 Å². The molecule has 0 heterocycles. The second-order valence-electron chi connectivity index (χ2n) is 6.11. The van der Waals surface area contributed by atoms with E-state index in [1.807, 2.05) is 24.3 Å². The fourth-order valence-electron chi connectivity index (χ4n) is 2.67. The van der Waals surface area contributed by atoms with Crippen LogP contribution in [0.3, 0.4) is 0 Å². The van der Waals surface area contributed by atoms with E-state index >= 15 is 0 Å². The molecule has 0 aliphatic carbocycles. The zero-order valence-electron chi connectivity index (χ0n) is 15.9. The highest BCUT2D eigenvalue weighted by Gasteiger charge is 2.24. The standard InChI is InChI=1S/C21H30N2O3/c1-5-7-8-9-10-14-17-15-11-12-16-18(17)20(24)22-19(13-6-2)21(25)23(3)26-4/h5-6,11-12,15-16,19H,1-2,7-10,13-14H2,3-4H3,(H,22,24)/t19-/m0/s1. The minimum absolute atomic E-state index is 0.253. The van der Waals surface area contributed by atoms with Crippen molar-refractivity contribution in [3.8, 4) is 0 Å². The molecule has 0 aliphatic rings. The van der Waals surface area contributed by atoms with Gasteiger partial charge in [-0.2, -0.15) is 0 Å². The van der Waals surface area contributed by atoms with Gasteiger partial charge in [0.15, 0.2) is 0 Å². The van der Waals surface area contributed by atoms with E-state index < -0.39 is 6.04 Å². The van der Waals surface area contributed by atoms with Crippen molar-refractivity contribution in [1.82, 2.24) is 10.4 Å². The van der Waals surface area contributed by atoms with E-state index in [1.165, 1.54) is 14.2 Å². The fourth-order valence-corrected chi connectivity index (χ4v) is 2.67. The smallest absolute Gasteiger partial charge is 0.268 e. The van der Waals surface area contributed by atoms with E-state index in [1.54, 1.807) is 12.1 Å². The van der Waals surface area contributed by atoms with Crippen LogP contribution in [0.25, 0.3) is 0 Å². The molecule has 26 heavy (non-hydrogen) atoms. The first-order valence-electron chi connectivity index (χ1n) is 8.97. The van der Waals surface area contributed by atoms with E-state index in [9.17, 15) is 9.59 Å². The summed E-state index contributed by atoms with van der Waals surface area (Å²) in [7, 11) is 2.92. The molecule has 5 nitrogen and oxygen atoms in total. The van der Waals surface area contributed by atoms with Crippen LogP contribution < -0.4 is 5.32 Å². The Balaban J connectivity index is 2.79. The zero-order valence-corrected chi connectivity index (χ0v) is 15.9. The van der Waals surface area contributed by atoms with Crippen LogP contribution in [0.2, 0.25) is 0 Å². The van der Waals surface area contributed by atoms with Gasteiger partial charge >= 0.3 is 0 Å². The van der Waals surface area contributed by atoms with Crippen molar-refractivity contribution in [3.63, 3.8) is 0 Å². The number of hydrogen-bond donors (Lipinski definition) is 1. The lowest BCUT2D eigenvalue weighted by atomic mass is 10.00. The highest BCUT2D eigenvalue weighted by Crippen LogP contribution is 2.14. The molecule has 0 radical (unpaired) electrons. The third-order valence-corrected chi connectivity index (χ3v) is 4.21. The fraction of sp³-hybridized carbons (Fsp3) is 0.429. The van der Waals surface area contributed by atoms with Gasteiger partial charge in [-0.15, -0.1) is 13.2 Å². The Morgan fingerprint density at radius 2 is 1.92 bits per heavy atom. The monoisotopic (exact) mass is 358 g/mol. The third-order valence-electron chi connectivity index (χ3n) is 4.21. The Bertz CT molecular complexity index is 613. The summed E-state index contributed by atoms with van der Waals surface area (Å²) in [6.45, 7) is 7.39. The molecule has 0 saturated carbocycles. The largest absolute Gasteiger partial charge is 0.340 e. The summed E-state index contributed by atoms with van der Waals surface area (Å²) in [6.07, 6.45) is 8.93. The lowest BCUT2D eigenvalue weighted by Crippen LogP contribution is -2.47. The zero-order chi connectivity index (χ0) is 19.4. The molecule has 0 aromatic heterocycles. The number of hydrogen-bond acceptors (Lipinski definition) is 3. The summed E-state index contributed by atoms with van der Waals surface area (Å²) in [4.78, 5) is 30.0.